The zero-order chi connectivity index (χ0) is 15.1. The molecule has 0 aromatic heterocycles. The van der Waals surface area contributed by atoms with Crippen molar-refractivity contribution in [3.05, 3.63) is 29.3 Å². The maximum Gasteiger partial charge on any atom is 0.213 e. The highest BCUT2D eigenvalue weighted by atomic mass is 35.5. The van der Waals surface area contributed by atoms with Gasteiger partial charge in [-0.05, 0) is 37.1 Å². The van der Waals surface area contributed by atoms with E-state index in [9.17, 15) is 0 Å². The predicted octanol–water partition coefficient (Wildman–Crippen LogP) is 0.933. The molecule has 0 spiro atoms. The number of halogens is 1. The van der Waals surface area contributed by atoms with Crippen molar-refractivity contribution in [1.29, 1.82) is 0 Å². The lowest BCUT2D eigenvalue weighted by Gasteiger charge is -2.15. The van der Waals surface area contributed by atoms with E-state index in [0.29, 0.717) is 6.42 Å². The van der Waals surface area contributed by atoms with Gasteiger partial charge in [0, 0.05) is 6.42 Å². The van der Waals surface area contributed by atoms with Crippen LogP contribution in [-0.2, 0) is 0 Å². The molecule has 0 bridgehead atoms. The Kier molecular flexibility index (Phi) is 8.00. The van der Waals surface area contributed by atoms with Gasteiger partial charge in [-0.1, -0.05) is 13.0 Å². The molecule has 8 heteroatoms. The fourth-order valence-corrected chi connectivity index (χ4v) is 1.66. The molecule has 0 aliphatic carbocycles. The molecule has 0 amide bonds. The number of hydrazone groups is 1. The maximum atomic E-state index is 5.78. The largest absolute Gasteiger partial charge is 0.469 e. The van der Waals surface area contributed by atoms with E-state index in [2.05, 4.69) is 21.6 Å². The Labute approximate surface area is 131 Å². The Morgan fingerprint density at radius 2 is 1.76 bits per heavy atom. The monoisotopic (exact) mass is 314 g/mol. The number of aryl methyl sites for hydroxylation is 2. The van der Waals surface area contributed by atoms with Crippen LogP contribution in [0, 0.1) is 13.8 Å². The molecule has 1 aromatic carbocycles. The summed E-state index contributed by atoms with van der Waals surface area (Å²) in [5, 5.41) is 3.56. The Morgan fingerprint density at radius 3 is 2.24 bits per heavy atom. The van der Waals surface area contributed by atoms with Crippen LogP contribution < -0.4 is 27.4 Å². The third-order valence-corrected chi connectivity index (χ3v) is 2.40. The molecule has 0 radical (unpaired) electrons. The summed E-state index contributed by atoms with van der Waals surface area (Å²) >= 11 is 0. The van der Waals surface area contributed by atoms with Crippen molar-refractivity contribution in [3.63, 3.8) is 0 Å². The first kappa shape index (κ1) is 18.9. The number of benzene rings is 1. The van der Waals surface area contributed by atoms with Crippen molar-refractivity contribution < 1.29 is 4.74 Å². The van der Waals surface area contributed by atoms with Crippen LogP contribution in [0.15, 0.2) is 28.3 Å². The lowest BCUT2D eigenvalue weighted by molar-refractivity contribution is 0.206. The standard InChI is InChI=1S/C13H22N6O.ClH/c1-4-11(17-13(16)19-18-12(14)15)20-10-6-8(2)5-9(3)7-10;/h5-7,11H,4H2,1-3H3,(H4,14,15,18)(H3,16,17,19);1H. The number of rotatable bonds is 5. The van der Waals surface area contributed by atoms with E-state index in [1.165, 1.54) is 0 Å². The second-order valence-electron chi connectivity index (χ2n) is 4.47. The Morgan fingerprint density at radius 1 is 1.19 bits per heavy atom. The lowest BCUT2D eigenvalue weighted by atomic mass is 10.1. The first-order chi connectivity index (χ1) is 9.40. The van der Waals surface area contributed by atoms with E-state index in [0.717, 1.165) is 16.9 Å². The summed E-state index contributed by atoms with van der Waals surface area (Å²) in [6, 6.07) is 5.97. The highest BCUT2D eigenvalue weighted by molar-refractivity contribution is 5.85. The molecule has 1 rings (SSSR count). The van der Waals surface area contributed by atoms with Crippen LogP contribution in [-0.4, -0.2) is 18.1 Å². The summed E-state index contributed by atoms with van der Waals surface area (Å²) in [4.78, 5) is 4.16. The average Bonchev–Trinajstić information content (AvgIpc) is 2.34. The van der Waals surface area contributed by atoms with E-state index in [1.54, 1.807) is 0 Å². The number of hydrogen-bond donors (Lipinski definition) is 4. The fraction of sp³-hybridized carbons (Fsp3) is 0.385. The maximum absolute atomic E-state index is 5.78. The average molecular weight is 315 g/mol. The fourth-order valence-electron chi connectivity index (χ4n) is 1.66. The van der Waals surface area contributed by atoms with Crippen LogP contribution in [0.3, 0.4) is 0 Å². The van der Waals surface area contributed by atoms with Gasteiger partial charge in [-0.15, -0.1) is 17.5 Å². The minimum Gasteiger partial charge on any atom is -0.469 e. The number of ether oxygens (including phenoxy) is 1. The highest BCUT2D eigenvalue weighted by Crippen LogP contribution is 2.18. The second kappa shape index (κ2) is 8.91. The SMILES string of the molecule is CCC(N=C(N)NN=C(N)N)Oc1cc(C)cc(C)c1.Cl. The molecule has 1 unspecified atom stereocenters. The number of guanidine groups is 2. The second-order valence-corrected chi connectivity index (χ2v) is 4.47. The van der Waals surface area contributed by atoms with Gasteiger partial charge in [0.15, 0.2) is 6.23 Å². The van der Waals surface area contributed by atoms with Gasteiger partial charge in [-0.3, -0.25) is 0 Å². The molecule has 0 saturated heterocycles. The van der Waals surface area contributed by atoms with Crippen molar-refractivity contribution in [1.82, 2.24) is 5.43 Å². The Balaban J connectivity index is 0.00000400. The number of aliphatic imine (C=N–C) groups is 1. The summed E-state index contributed by atoms with van der Waals surface area (Å²) in [6.45, 7) is 5.97. The first-order valence-corrected chi connectivity index (χ1v) is 6.33. The van der Waals surface area contributed by atoms with Gasteiger partial charge in [0.1, 0.15) is 5.75 Å². The van der Waals surface area contributed by atoms with Crippen molar-refractivity contribution in [2.45, 2.75) is 33.4 Å². The van der Waals surface area contributed by atoms with Crippen LogP contribution in [0.1, 0.15) is 24.5 Å². The predicted molar refractivity (Wildman–Crippen MR) is 88.4 cm³/mol. The lowest BCUT2D eigenvalue weighted by Crippen LogP contribution is -2.34. The normalized spacial score (nSPS) is 12.0. The van der Waals surface area contributed by atoms with E-state index < -0.39 is 6.23 Å². The highest BCUT2D eigenvalue weighted by Gasteiger charge is 2.07. The molecular weight excluding hydrogens is 292 g/mol. The Bertz CT molecular complexity index is 493. The number of nitrogens with zero attached hydrogens (tertiary/aromatic N) is 2. The van der Waals surface area contributed by atoms with Crippen LogP contribution in [0.2, 0.25) is 0 Å². The van der Waals surface area contributed by atoms with Crippen LogP contribution in [0.4, 0.5) is 0 Å². The summed E-state index contributed by atoms with van der Waals surface area (Å²) in [5.74, 6) is 0.730. The van der Waals surface area contributed by atoms with E-state index in [1.807, 2.05) is 32.9 Å². The quantitative estimate of drug-likeness (QED) is 0.365. The summed E-state index contributed by atoms with van der Waals surface area (Å²) in [5.41, 5.74) is 20.7. The Hall–Kier alpha value is -2.15. The molecule has 21 heavy (non-hydrogen) atoms. The summed E-state index contributed by atoms with van der Waals surface area (Å²) in [7, 11) is 0. The third kappa shape index (κ3) is 7.26. The minimum atomic E-state index is -0.405. The van der Waals surface area contributed by atoms with Crippen molar-refractivity contribution in [3.8, 4) is 5.75 Å². The molecule has 0 heterocycles. The molecule has 1 aromatic rings. The number of hydrogen-bond acceptors (Lipinski definition) is 3. The zero-order valence-electron chi connectivity index (χ0n) is 12.5. The van der Waals surface area contributed by atoms with Gasteiger partial charge in [-0.25, -0.2) is 10.4 Å². The van der Waals surface area contributed by atoms with Crippen LogP contribution in [0.5, 0.6) is 5.75 Å². The van der Waals surface area contributed by atoms with Crippen molar-refractivity contribution in [2.24, 2.45) is 27.3 Å². The minimum absolute atomic E-state index is 0. The first-order valence-electron chi connectivity index (χ1n) is 6.33. The molecule has 1 atom stereocenters. The summed E-state index contributed by atoms with van der Waals surface area (Å²) < 4.78 is 5.78. The van der Waals surface area contributed by atoms with Gasteiger partial charge in [-0.2, -0.15) is 0 Å². The van der Waals surface area contributed by atoms with Crippen LogP contribution in [0.25, 0.3) is 0 Å². The van der Waals surface area contributed by atoms with Crippen molar-refractivity contribution >= 4 is 24.3 Å². The number of nitrogens with one attached hydrogen (secondary N) is 1. The van der Waals surface area contributed by atoms with Crippen LogP contribution >= 0.6 is 12.4 Å². The van der Waals surface area contributed by atoms with Crippen molar-refractivity contribution in [2.75, 3.05) is 0 Å². The van der Waals surface area contributed by atoms with Gasteiger partial charge in [0.05, 0.1) is 0 Å². The molecule has 0 fully saturated rings. The van der Waals surface area contributed by atoms with Gasteiger partial charge in [0.2, 0.25) is 11.9 Å². The molecule has 0 aliphatic rings. The molecule has 118 valence electrons. The smallest absolute Gasteiger partial charge is 0.213 e. The molecule has 7 nitrogen and oxygen atoms in total. The van der Waals surface area contributed by atoms with Gasteiger partial charge >= 0.3 is 0 Å². The number of nitrogens with two attached hydrogens (primary N) is 3. The van der Waals surface area contributed by atoms with E-state index >= 15 is 0 Å². The third-order valence-electron chi connectivity index (χ3n) is 2.40. The molecule has 0 aliphatic heterocycles. The molecule has 0 saturated carbocycles. The van der Waals surface area contributed by atoms with Gasteiger partial charge in [0.25, 0.3) is 0 Å². The molecule has 7 N–H and O–H groups in total. The van der Waals surface area contributed by atoms with E-state index in [-0.39, 0.29) is 24.3 Å². The zero-order valence-corrected chi connectivity index (χ0v) is 13.3. The van der Waals surface area contributed by atoms with Gasteiger partial charge < -0.3 is 21.9 Å². The summed E-state index contributed by atoms with van der Waals surface area (Å²) in [6.07, 6.45) is 0.259. The topological polar surface area (TPSA) is 124 Å². The molecular formula is C13H23ClN6O. The van der Waals surface area contributed by atoms with E-state index in [4.69, 9.17) is 21.9 Å².